The zero-order valence-electron chi connectivity index (χ0n) is 10.7. The van der Waals surface area contributed by atoms with Crippen molar-refractivity contribution in [3.63, 3.8) is 0 Å². The van der Waals surface area contributed by atoms with Gasteiger partial charge in [-0.25, -0.2) is 0 Å². The van der Waals surface area contributed by atoms with Crippen molar-refractivity contribution < 1.29 is 14.3 Å². The van der Waals surface area contributed by atoms with Crippen molar-refractivity contribution in [1.29, 1.82) is 0 Å². The summed E-state index contributed by atoms with van der Waals surface area (Å²) in [6.45, 7) is 0.00897. The summed E-state index contributed by atoms with van der Waals surface area (Å²) in [5.74, 6) is 1.22. The van der Waals surface area contributed by atoms with Gasteiger partial charge < -0.3 is 20.5 Å². The van der Waals surface area contributed by atoms with Gasteiger partial charge in [0.05, 0.1) is 26.3 Å². The van der Waals surface area contributed by atoms with Crippen LogP contribution in [0.2, 0.25) is 0 Å². The summed E-state index contributed by atoms with van der Waals surface area (Å²) in [4.78, 5) is 11.4. The van der Waals surface area contributed by atoms with E-state index in [0.717, 1.165) is 18.4 Å². The molecule has 5 nitrogen and oxygen atoms in total. The molecule has 0 aliphatic heterocycles. The fourth-order valence-corrected chi connectivity index (χ4v) is 2.06. The molecule has 1 amide bonds. The molecule has 1 fully saturated rings. The maximum atomic E-state index is 11.4. The number of nitrogens with one attached hydrogen (secondary N) is 1. The average molecular weight is 250 g/mol. The van der Waals surface area contributed by atoms with Crippen LogP contribution in [0.25, 0.3) is 0 Å². The topological polar surface area (TPSA) is 73.6 Å². The Labute approximate surface area is 106 Å². The molecule has 18 heavy (non-hydrogen) atoms. The highest BCUT2D eigenvalue weighted by atomic mass is 16.5. The zero-order valence-corrected chi connectivity index (χ0v) is 10.7. The Balaban J connectivity index is 2.26. The van der Waals surface area contributed by atoms with Crippen LogP contribution in [-0.2, 0) is 10.3 Å². The molecule has 0 saturated heterocycles. The number of nitrogens with two attached hydrogens (primary N) is 1. The Morgan fingerprint density at radius 2 is 2.00 bits per heavy atom. The van der Waals surface area contributed by atoms with E-state index >= 15 is 0 Å². The molecule has 1 aliphatic rings. The number of hydrogen-bond acceptors (Lipinski definition) is 4. The number of ether oxygens (including phenoxy) is 2. The van der Waals surface area contributed by atoms with E-state index in [1.165, 1.54) is 0 Å². The smallest absolute Gasteiger partial charge is 0.234 e. The number of rotatable bonds is 5. The minimum atomic E-state index is -0.268. The van der Waals surface area contributed by atoms with Crippen molar-refractivity contribution in [2.75, 3.05) is 20.8 Å². The van der Waals surface area contributed by atoms with Crippen molar-refractivity contribution in [3.8, 4) is 11.5 Å². The minimum absolute atomic E-state index is 0.00897. The van der Waals surface area contributed by atoms with E-state index in [1.54, 1.807) is 14.2 Å². The second-order valence-electron chi connectivity index (χ2n) is 4.40. The molecule has 0 heterocycles. The predicted molar refractivity (Wildman–Crippen MR) is 67.7 cm³/mol. The Morgan fingerprint density at radius 3 is 2.50 bits per heavy atom. The number of hydrogen-bond donors (Lipinski definition) is 2. The maximum Gasteiger partial charge on any atom is 0.234 e. The second kappa shape index (κ2) is 4.86. The number of methoxy groups -OCH3 is 2. The third kappa shape index (κ3) is 2.26. The number of benzene rings is 1. The van der Waals surface area contributed by atoms with Crippen LogP contribution in [0.3, 0.4) is 0 Å². The van der Waals surface area contributed by atoms with Gasteiger partial charge in [0.1, 0.15) is 0 Å². The van der Waals surface area contributed by atoms with Crippen LogP contribution < -0.4 is 20.5 Å². The first-order valence-corrected chi connectivity index (χ1v) is 5.89. The van der Waals surface area contributed by atoms with E-state index in [9.17, 15) is 4.79 Å². The maximum absolute atomic E-state index is 11.4. The van der Waals surface area contributed by atoms with Crippen molar-refractivity contribution in [3.05, 3.63) is 23.8 Å². The van der Waals surface area contributed by atoms with E-state index in [0.29, 0.717) is 11.5 Å². The van der Waals surface area contributed by atoms with Crippen molar-refractivity contribution >= 4 is 5.91 Å². The van der Waals surface area contributed by atoms with Crippen molar-refractivity contribution in [1.82, 2.24) is 5.32 Å². The van der Waals surface area contributed by atoms with Crippen molar-refractivity contribution in [2.24, 2.45) is 5.73 Å². The van der Waals surface area contributed by atoms with Gasteiger partial charge in [0, 0.05) is 0 Å². The van der Waals surface area contributed by atoms with E-state index < -0.39 is 0 Å². The molecule has 0 unspecified atom stereocenters. The van der Waals surface area contributed by atoms with Crippen LogP contribution in [0.4, 0.5) is 0 Å². The molecule has 98 valence electrons. The Kier molecular flexibility index (Phi) is 3.43. The summed E-state index contributed by atoms with van der Waals surface area (Å²) in [7, 11) is 3.19. The summed E-state index contributed by atoms with van der Waals surface area (Å²) < 4.78 is 10.5. The van der Waals surface area contributed by atoms with Gasteiger partial charge in [0.2, 0.25) is 5.91 Å². The second-order valence-corrected chi connectivity index (χ2v) is 4.40. The molecule has 1 aromatic rings. The van der Waals surface area contributed by atoms with Gasteiger partial charge in [-0.05, 0) is 30.5 Å². The first-order valence-electron chi connectivity index (χ1n) is 5.89. The fraction of sp³-hybridized carbons (Fsp3) is 0.462. The third-order valence-corrected chi connectivity index (χ3v) is 3.25. The molecule has 0 bridgehead atoms. The first-order chi connectivity index (χ1) is 8.65. The summed E-state index contributed by atoms with van der Waals surface area (Å²) in [5, 5.41) is 2.96. The van der Waals surface area contributed by atoms with E-state index in [2.05, 4.69) is 5.32 Å². The summed E-state index contributed by atoms with van der Waals surface area (Å²) >= 11 is 0. The first kappa shape index (κ1) is 12.7. The van der Waals surface area contributed by atoms with Crippen LogP contribution in [-0.4, -0.2) is 26.7 Å². The zero-order chi connectivity index (χ0) is 13.2. The van der Waals surface area contributed by atoms with Crippen LogP contribution in [0.15, 0.2) is 18.2 Å². The molecule has 0 aromatic heterocycles. The standard InChI is InChI=1S/C13H18N2O3/c1-17-10-4-3-9(7-11(10)18-2)13(5-6-13)15-12(16)8-14/h3-4,7H,5-6,8,14H2,1-2H3,(H,15,16). The number of amides is 1. The lowest BCUT2D eigenvalue weighted by Crippen LogP contribution is -2.38. The molecule has 1 aromatic carbocycles. The monoisotopic (exact) mass is 250 g/mol. The van der Waals surface area contributed by atoms with Crippen molar-refractivity contribution in [2.45, 2.75) is 18.4 Å². The Bertz CT molecular complexity index is 456. The molecule has 5 heteroatoms. The van der Waals surface area contributed by atoms with Crippen LogP contribution in [0.5, 0.6) is 11.5 Å². The Morgan fingerprint density at radius 1 is 1.33 bits per heavy atom. The van der Waals surface area contributed by atoms with Gasteiger partial charge in [0.25, 0.3) is 0 Å². The van der Waals surface area contributed by atoms with Gasteiger partial charge >= 0.3 is 0 Å². The Hall–Kier alpha value is -1.75. The average Bonchev–Trinajstić information content (AvgIpc) is 3.18. The fourth-order valence-electron chi connectivity index (χ4n) is 2.06. The lowest BCUT2D eigenvalue weighted by Gasteiger charge is -2.19. The number of carbonyl (C=O) groups excluding carboxylic acids is 1. The lowest BCUT2D eigenvalue weighted by molar-refractivity contribution is -0.120. The summed E-state index contributed by atoms with van der Waals surface area (Å²) in [6, 6.07) is 5.70. The molecule has 1 aliphatic carbocycles. The highest BCUT2D eigenvalue weighted by Gasteiger charge is 2.45. The van der Waals surface area contributed by atoms with Crippen LogP contribution >= 0.6 is 0 Å². The molecular formula is C13H18N2O3. The molecule has 3 N–H and O–H groups in total. The van der Waals surface area contributed by atoms with Gasteiger partial charge in [-0.1, -0.05) is 6.07 Å². The number of carbonyl (C=O) groups is 1. The summed E-state index contributed by atoms with van der Waals surface area (Å²) in [6.07, 6.45) is 1.85. The van der Waals surface area contributed by atoms with E-state index in [1.807, 2.05) is 18.2 Å². The van der Waals surface area contributed by atoms with Gasteiger partial charge in [-0.3, -0.25) is 4.79 Å². The third-order valence-electron chi connectivity index (χ3n) is 3.25. The van der Waals surface area contributed by atoms with Gasteiger partial charge in [0.15, 0.2) is 11.5 Å². The van der Waals surface area contributed by atoms with Crippen LogP contribution in [0, 0.1) is 0 Å². The molecular weight excluding hydrogens is 232 g/mol. The minimum Gasteiger partial charge on any atom is -0.493 e. The predicted octanol–water partition coefficient (Wildman–Crippen LogP) is 0.768. The molecule has 1 saturated carbocycles. The summed E-state index contributed by atoms with van der Waals surface area (Å²) in [5.41, 5.74) is 6.09. The highest BCUT2D eigenvalue weighted by molar-refractivity contribution is 5.79. The SMILES string of the molecule is COc1ccc(C2(NC(=O)CN)CC2)cc1OC. The largest absolute Gasteiger partial charge is 0.493 e. The van der Waals surface area contributed by atoms with E-state index in [4.69, 9.17) is 15.2 Å². The van der Waals surface area contributed by atoms with Gasteiger partial charge in [-0.2, -0.15) is 0 Å². The molecule has 2 rings (SSSR count). The molecule has 0 radical (unpaired) electrons. The highest BCUT2D eigenvalue weighted by Crippen LogP contribution is 2.47. The lowest BCUT2D eigenvalue weighted by atomic mass is 10.0. The molecule has 0 atom stereocenters. The van der Waals surface area contributed by atoms with E-state index in [-0.39, 0.29) is 18.0 Å². The molecule has 0 spiro atoms. The van der Waals surface area contributed by atoms with Gasteiger partial charge in [-0.15, -0.1) is 0 Å². The van der Waals surface area contributed by atoms with Crippen LogP contribution in [0.1, 0.15) is 18.4 Å². The normalized spacial score (nSPS) is 15.9. The quantitative estimate of drug-likeness (QED) is 0.809.